The molecule has 2 aromatic carbocycles. The van der Waals surface area contributed by atoms with Crippen molar-refractivity contribution in [1.82, 2.24) is 5.32 Å². The molecular weight excluding hydrogens is 376 g/mol. The summed E-state index contributed by atoms with van der Waals surface area (Å²) in [6.45, 7) is 4.75. The Kier molecular flexibility index (Phi) is 6.99. The van der Waals surface area contributed by atoms with Crippen LogP contribution in [0.3, 0.4) is 0 Å². The third-order valence-corrected chi connectivity index (χ3v) is 6.01. The van der Waals surface area contributed by atoms with Gasteiger partial charge in [0.15, 0.2) is 11.5 Å². The SMILES string of the molecule is COc1ccc(C(=O)NC2(C#N)CCC(C)CC2)cc1OCCc1ccccc1C. The molecule has 0 heterocycles. The molecule has 0 aromatic heterocycles. The Morgan fingerprint density at radius 3 is 2.60 bits per heavy atom. The molecule has 1 aliphatic rings. The van der Waals surface area contributed by atoms with Crippen LogP contribution in [-0.4, -0.2) is 25.2 Å². The van der Waals surface area contributed by atoms with Crippen molar-refractivity contribution in [1.29, 1.82) is 5.26 Å². The molecule has 0 aliphatic heterocycles. The molecular formula is C25H30N2O3. The Labute approximate surface area is 179 Å². The first-order chi connectivity index (χ1) is 14.5. The van der Waals surface area contributed by atoms with Crippen molar-refractivity contribution in [3.05, 3.63) is 59.2 Å². The Hall–Kier alpha value is -3.00. The second kappa shape index (κ2) is 9.67. The Balaban J connectivity index is 1.69. The van der Waals surface area contributed by atoms with Crippen molar-refractivity contribution in [3.8, 4) is 17.6 Å². The molecule has 1 fully saturated rings. The van der Waals surface area contributed by atoms with E-state index < -0.39 is 5.54 Å². The van der Waals surface area contributed by atoms with Gasteiger partial charge >= 0.3 is 0 Å². The fraction of sp³-hybridized carbons (Fsp3) is 0.440. The van der Waals surface area contributed by atoms with Crippen LogP contribution in [0.2, 0.25) is 0 Å². The summed E-state index contributed by atoms with van der Waals surface area (Å²) in [5, 5.41) is 12.7. The minimum absolute atomic E-state index is 0.252. The summed E-state index contributed by atoms with van der Waals surface area (Å²) in [6, 6.07) is 15.7. The molecule has 0 spiro atoms. The molecule has 0 unspecified atom stereocenters. The van der Waals surface area contributed by atoms with Crippen LogP contribution in [0, 0.1) is 24.2 Å². The van der Waals surface area contributed by atoms with Gasteiger partial charge in [-0.25, -0.2) is 0 Å². The zero-order valence-electron chi connectivity index (χ0n) is 18.0. The van der Waals surface area contributed by atoms with Gasteiger partial charge in [0.2, 0.25) is 0 Å². The molecule has 2 aromatic rings. The normalized spacial score (nSPS) is 20.8. The number of nitrogens with zero attached hydrogens (tertiary/aromatic N) is 1. The average molecular weight is 407 g/mol. The molecule has 1 amide bonds. The molecule has 0 saturated heterocycles. The zero-order chi connectivity index (χ0) is 21.6. The summed E-state index contributed by atoms with van der Waals surface area (Å²) in [5.41, 5.74) is 2.14. The Morgan fingerprint density at radius 2 is 1.93 bits per heavy atom. The van der Waals surface area contributed by atoms with Crippen molar-refractivity contribution >= 4 is 5.91 Å². The summed E-state index contributed by atoms with van der Waals surface area (Å²) in [7, 11) is 1.58. The smallest absolute Gasteiger partial charge is 0.252 e. The monoisotopic (exact) mass is 406 g/mol. The van der Waals surface area contributed by atoms with E-state index in [-0.39, 0.29) is 5.91 Å². The predicted octanol–water partition coefficient (Wildman–Crippen LogP) is 4.83. The van der Waals surface area contributed by atoms with Crippen molar-refractivity contribution in [2.24, 2.45) is 5.92 Å². The summed E-state index contributed by atoms with van der Waals surface area (Å²) in [4.78, 5) is 12.9. The highest BCUT2D eigenvalue weighted by molar-refractivity contribution is 5.95. The molecule has 3 rings (SSSR count). The van der Waals surface area contributed by atoms with Gasteiger partial charge in [-0.2, -0.15) is 5.26 Å². The van der Waals surface area contributed by atoms with Crippen molar-refractivity contribution in [3.63, 3.8) is 0 Å². The van der Waals surface area contributed by atoms with Crippen LogP contribution in [0.4, 0.5) is 0 Å². The van der Waals surface area contributed by atoms with Crippen LogP contribution in [-0.2, 0) is 6.42 Å². The van der Waals surface area contributed by atoms with Crippen LogP contribution >= 0.6 is 0 Å². The average Bonchev–Trinajstić information content (AvgIpc) is 2.76. The van der Waals surface area contributed by atoms with Gasteiger partial charge in [-0.15, -0.1) is 0 Å². The highest BCUT2D eigenvalue weighted by atomic mass is 16.5. The number of amides is 1. The minimum Gasteiger partial charge on any atom is -0.493 e. The van der Waals surface area contributed by atoms with Gasteiger partial charge in [0, 0.05) is 12.0 Å². The fourth-order valence-electron chi connectivity index (χ4n) is 3.90. The van der Waals surface area contributed by atoms with Gasteiger partial charge in [0.25, 0.3) is 5.91 Å². The standard InChI is InChI=1S/C25H30N2O3/c1-18-10-13-25(17-26,14-11-18)27-24(28)21-8-9-22(29-3)23(16-21)30-15-12-20-7-5-4-6-19(20)2/h4-9,16,18H,10-15H2,1-3H3,(H,27,28). The Morgan fingerprint density at radius 1 is 1.20 bits per heavy atom. The fourth-order valence-corrected chi connectivity index (χ4v) is 3.90. The van der Waals surface area contributed by atoms with Gasteiger partial charge in [0.1, 0.15) is 5.54 Å². The third kappa shape index (κ3) is 5.13. The number of benzene rings is 2. The lowest BCUT2D eigenvalue weighted by Crippen LogP contribution is -2.49. The van der Waals surface area contributed by atoms with E-state index in [0.717, 1.165) is 19.3 Å². The second-order valence-corrected chi connectivity index (χ2v) is 8.22. The molecule has 30 heavy (non-hydrogen) atoms. The molecule has 1 saturated carbocycles. The summed E-state index contributed by atoms with van der Waals surface area (Å²) in [6.07, 6.45) is 4.04. The van der Waals surface area contributed by atoms with Crippen LogP contribution in [0.25, 0.3) is 0 Å². The first-order valence-electron chi connectivity index (χ1n) is 10.6. The zero-order valence-corrected chi connectivity index (χ0v) is 18.0. The number of rotatable bonds is 7. The van der Waals surface area contributed by atoms with E-state index in [2.05, 4.69) is 37.4 Å². The topological polar surface area (TPSA) is 71.3 Å². The number of hydrogen-bond acceptors (Lipinski definition) is 4. The number of nitrogens with one attached hydrogen (secondary N) is 1. The lowest BCUT2D eigenvalue weighted by molar-refractivity contribution is 0.0893. The van der Waals surface area contributed by atoms with Gasteiger partial charge < -0.3 is 14.8 Å². The van der Waals surface area contributed by atoms with Crippen LogP contribution < -0.4 is 14.8 Å². The van der Waals surface area contributed by atoms with E-state index in [1.165, 1.54) is 11.1 Å². The van der Waals surface area contributed by atoms with Gasteiger partial charge in [-0.1, -0.05) is 31.2 Å². The van der Waals surface area contributed by atoms with E-state index >= 15 is 0 Å². The predicted molar refractivity (Wildman–Crippen MR) is 117 cm³/mol. The van der Waals surface area contributed by atoms with Gasteiger partial charge in [0.05, 0.1) is 19.8 Å². The highest BCUT2D eigenvalue weighted by Crippen LogP contribution is 2.33. The van der Waals surface area contributed by atoms with E-state index in [1.807, 2.05) is 12.1 Å². The molecule has 0 atom stereocenters. The minimum atomic E-state index is -0.782. The van der Waals surface area contributed by atoms with Crippen molar-refractivity contribution < 1.29 is 14.3 Å². The van der Waals surface area contributed by atoms with Crippen molar-refractivity contribution in [2.45, 2.75) is 51.5 Å². The first kappa shape index (κ1) is 21.7. The molecule has 0 radical (unpaired) electrons. The summed E-state index contributed by atoms with van der Waals surface area (Å²) >= 11 is 0. The lowest BCUT2D eigenvalue weighted by atomic mass is 9.78. The second-order valence-electron chi connectivity index (χ2n) is 8.22. The number of ether oxygens (including phenoxy) is 2. The summed E-state index contributed by atoms with van der Waals surface area (Å²) < 4.78 is 11.4. The maximum absolute atomic E-state index is 12.9. The molecule has 1 aliphatic carbocycles. The lowest BCUT2D eigenvalue weighted by Gasteiger charge is -2.34. The van der Waals surface area contributed by atoms with E-state index in [0.29, 0.717) is 42.4 Å². The molecule has 1 N–H and O–H groups in total. The van der Waals surface area contributed by atoms with Gasteiger partial charge in [-0.3, -0.25) is 4.79 Å². The molecule has 0 bridgehead atoms. The molecule has 5 nitrogen and oxygen atoms in total. The number of methoxy groups -OCH3 is 1. The maximum atomic E-state index is 12.9. The van der Waals surface area contributed by atoms with E-state index in [9.17, 15) is 10.1 Å². The number of aryl methyl sites for hydroxylation is 1. The maximum Gasteiger partial charge on any atom is 0.252 e. The quantitative estimate of drug-likeness (QED) is 0.715. The number of carbonyl (C=O) groups is 1. The van der Waals surface area contributed by atoms with E-state index in [4.69, 9.17) is 9.47 Å². The summed E-state index contributed by atoms with van der Waals surface area (Å²) in [5.74, 6) is 1.45. The highest BCUT2D eigenvalue weighted by Gasteiger charge is 2.36. The first-order valence-corrected chi connectivity index (χ1v) is 10.6. The third-order valence-electron chi connectivity index (χ3n) is 6.01. The molecule has 5 heteroatoms. The molecule has 158 valence electrons. The van der Waals surface area contributed by atoms with Crippen LogP contribution in [0.1, 0.15) is 54.1 Å². The van der Waals surface area contributed by atoms with Gasteiger partial charge in [-0.05, 0) is 67.9 Å². The number of carbonyl (C=O) groups excluding carboxylic acids is 1. The van der Waals surface area contributed by atoms with Crippen LogP contribution in [0.15, 0.2) is 42.5 Å². The Bertz CT molecular complexity index is 924. The van der Waals surface area contributed by atoms with E-state index in [1.54, 1.807) is 25.3 Å². The largest absolute Gasteiger partial charge is 0.493 e. The van der Waals surface area contributed by atoms with Crippen molar-refractivity contribution in [2.75, 3.05) is 13.7 Å². The number of nitriles is 1. The number of hydrogen-bond donors (Lipinski definition) is 1. The van der Waals surface area contributed by atoms with Crippen LogP contribution in [0.5, 0.6) is 11.5 Å².